The zero-order valence-corrected chi connectivity index (χ0v) is 10.3. The van der Waals surface area contributed by atoms with Crippen molar-refractivity contribution in [2.75, 3.05) is 18.4 Å². The molecule has 2 heteroatoms. The van der Waals surface area contributed by atoms with E-state index in [1.54, 1.807) is 0 Å². The van der Waals surface area contributed by atoms with Gasteiger partial charge in [0.15, 0.2) is 0 Å². The number of hydrogen-bond acceptors (Lipinski definition) is 2. The van der Waals surface area contributed by atoms with E-state index < -0.39 is 0 Å². The van der Waals surface area contributed by atoms with Gasteiger partial charge in [-0.3, -0.25) is 0 Å². The quantitative estimate of drug-likeness (QED) is 0.743. The molecule has 0 heterocycles. The molecule has 1 aromatic carbocycles. The summed E-state index contributed by atoms with van der Waals surface area (Å²) in [6.45, 7) is 10.4. The zero-order valence-electron chi connectivity index (χ0n) is 10.3. The van der Waals surface area contributed by atoms with E-state index in [4.69, 9.17) is 5.73 Å². The lowest BCUT2D eigenvalue weighted by Gasteiger charge is -2.16. The van der Waals surface area contributed by atoms with Gasteiger partial charge in [-0.2, -0.15) is 0 Å². The van der Waals surface area contributed by atoms with Crippen LogP contribution in [-0.4, -0.2) is 13.1 Å². The largest absolute Gasteiger partial charge is 0.385 e. The van der Waals surface area contributed by atoms with E-state index in [9.17, 15) is 0 Å². The monoisotopic (exact) mass is 206 g/mol. The molecular weight excluding hydrogens is 184 g/mol. The molecule has 0 atom stereocenters. The fourth-order valence-electron chi connectivity index (χ4n) is 1.80. The average Bonchev–Trinajstić information content (AvgIpc) is 2.20. The number of nitrogens with one attached hydrogen (secondary N) is 1. The minimum atomic E-state index is 0.746. The van der Waals surface area contributed by atoms with Crippen molar-refractivity contribution >= 4 is 5.69 Å². The van der Waals surface area contributed by atoms with Crippen molar-refractivity contribution in [1.82, 2.24) is 0 Å². The molecule has 0 fully saturated rings. The lowest BCUT2D eigenvalue weighted by atomic mass is 9.98. The lowest BCUT2D eigenvalue weighted by molar-refractivity contribution is 0.872. The van der Waals surface area contributed by atoms with E-state index in [2.05, 4.69) is 39.1 Å². The van der Waals surface area contributed by atoms with Crippen molar-refractivity contribution in [3.63, 3.8) is 0 Å². The third-order valence-corrected chi connectivity index (χ3v) is 3.05. The highest BCUT2D eigenvalue weighted by molar-refractivity contribution is 5.62. The van der Waals surface area contributed by atoms with Crippen LogP contribution in [0.4, 0.5) is 5.69 Å². The molecule has 0 spiro atoms. The van der Waals surface area contributed by atoms with Crippen LogP contribution in [0.3, 0.4) is 0 Å². The van der Waals surface area contributed by atoms with Crippen LogP contribution in [-0.2, 0) is 0 Å². The van der Waals surface area contributed by atoms with Gasteiger partial charge in [0.25, 0.3) is 0 Å². The molecule has 0 aliphatic carbocycles. The maximum Gasteiger partial charge on any atom is 0.0404 e. The van der Waals surface area contributed by atoms with Crippen LogP contribution in [0.5, 0.6) is 0 Å². The molecular formula is C13H22N2. The number of rotatable bonds is 4. The Balaban J connectivity index is 2.94. The molecule has 1 aromatic rings. The summed E-state index contributed by atoms with van der Waals surface area (Å²) in [6.07, 6.45) is 1.02. The molecule has 2 nitrogen and oxygen atoms in total. The fourth-order valence-corrected chi connectivity index (χ4v) is 1.80. The molecule has 0 saturated carbocycles. The van der Waals surface area contributed by atoms with Crippen LogP contribution in [0, 0.1) is 27.7 Å². The first-order valence-electron chi connectivity index (χ1n) is 5.59. The first kappa shape index (κ1) is 12.1. The van der Waals surface area contributed by atoms with Crippen LogP contribution in [0.25, 0.3) is 0 Å². The molecule has 3 N–H and O–H groups in total. The van der Waals surface area contributed by atoms with Gasteiger partial charge < -0.3 is 11.1 Å². The zero-order chi connectivity index (χ0) is 11.4. The lowest BCUT2D eigenvalue weighted by Crippen LogP contribution is -2.11. The topological polar surface area (TPSA) is 38.0 Å². The summed E-state index contributed by atoms with van der Waals surface area (Å²) >= 11 is 0. The van der Waals surface area contributed by atoms with E-state index in [1.807, 2.05) is 0 Å². The molecule has 15 heavy (non-hydrogen) atoms. The summed E-state index contributed by atoms with van der Waals surface area (Å²) in [6, 6.07) is 2.25. The number of benzene rings is 1. The van der Waals surface area contributed by atoms with Gasteiger partial charge >= 0.3 is 0 Å². The first-order chi connectivity index (χ1) is 7.07. The van der Waals surface area contributed by atoms with Crippen molar-refractivity contribution in [3.8, 4) is 0 Å². The normalized spacial score (nSPS) is 10.5. The molecule has 0 unspecified atom stereocenters. The molecule has 0 radical (unpaired) electrons. The summed E-state index contributed by atoms with van der Waals surface area (Å²) in [5.41, 5.74) is 12.2. The highest BCUT2D eigenvalue weighted by Crippen LogP contribution is 2.26. The second-order valence-corrected chi connectivity index (χ2v) is 4.20. The Kier molecular flexibility index (Phi) is 4.15. The smallest absolute Gasteiger partial charge is 0.0404 e. The van der Waals surface area contributed by atoms with Crippen LogP contribution in [0.15, 0.2) is 6.07 Å². The third kappa shape index (κ3) is 2.72. The average molecular weight is 206 g/mol. The van der Waals surface area contributed by atoms with Crippen LogP contribution >= 0.6 is 0 Å². The summed E-state index contributed by atoms with van der Waals surface area (Å²) < 4.78 is 0. The SMILES string of the molecule is Cc1cc(C)c(C)c(NCCCN)c1C. The van der Waals surface area contributed by atoms with E-state index in [0.29, 0.717) is 0 Å². The second-order valence-electron chi connectivity index (χ2n) is 4.20. The third-order valence-electron chi connectivity index (χ3n) is 3.05. The number of anilines is 1. The maximum atomic E-state index is 5.49. The van der Waals surface area contributed by atoms with Crippen molar-refractivity contribution in [2.45, 2.75) is 34.1 Å². The second kappa shape index (κ2) is 5.17. The predicted molar refractivity (Wildman–Crippen MR) is 67.6 cm³/mol. The Hall–Kier alpha value is -1.02. The molecule has 0 bridgehead atoms. The summed E-state index contributed by atoms with van der Waals surface area (Å²) in [4.78, 5) is 0. The van der Waals surface area contributed by atoms with Gasteiger partial charge in [0.05, 0.1) is 0 Å². The highest BCUT2D eigenvalue weighted by Gasteiger charge is 2.07. The maximum absolute atomic E-state index is 5.49. The Morgan fingerprint density at radius 1 is 1.07 bits per heavy atom. The fraction of sp³-hybridized carbons (Fsp3) is 0.538. The van der Waals surface area contributed by atoms with Gasteiger partial charge in [-0.15, -0.1) is 0 Å². The van der Waals surface area contributed by atoms with Gasteiger partial charge in [0.1, 0.15) is 0 Å². The Labute approximate surface area is 92.9 Å². The Bertz CT molecular complexity index is 317. The van der Waals surface area contributed by atoms with Crippen molar-refractivity contribution in [1.29, 1.82) is 0 Å². The van der Waals surface area contributed by atoms with Gasteiger partial charge in [-0.25, -0.2) is 0 Å². The van der Waals surface area contributed by atoms with Gasteiger partial charge in [0, 0.05) is 12.2 Å². The molecule has 0 aliphatic rings. The van der Waals surface area contributed by atoms with Crippen LogP contribution in [0.1, 0.15) is 28.7 Å². The number of hydrogen-bond donors (Lipinski definition) is 2. The molecule has 0 amide bonds. The summed E-state index contributed by atoms with van der Waals surface area (Å²) in [7, 11) is 0. The van der Waals surface area contributed by atoms with E-state index in [-0.39, 0.29) is 0 Å². The Morgan fingerprint density at radius 3 is 2.07 bits per heavy atom. The predicted octanol–water partition coefficient (Wildman–Crippen LogP) is 2.68. The first-order valence-corrected chi connectivity index (χ1v) is 5.59. The highest BCUT2D eigenvalue weighted by atomic mass is 14.9. The number of nitrogens with two attached hydrogens (primary N) is 1. The molecule has 0 aromatic heterocycles. The van der Waals surface area contributed by atoms with Gasteiger partial charge in [-0.05, 0) is 62.9 Å². The van der Waals surface area contributed by atoms with E-state index in [0.717, 1.165) is 19.5 Å². The molecule has 0 saturated heterocycles. The Morgan fingerprint density at radius 2 is 1.60 bits per heavy atom. The van der Waals surface area contributed by atoms with Gasteiger partial charge in [0.2, 0.25) is 0 Å². The van der Waals surface area contributed by atoms with E-state index >= 15 is 0 Å². The van der Waals surface area contributed by atoms with E-state index in [1.165, 1.54) is 27.9 Å². The molecule has 1 rings (SSSR count). The molecule has 84 valence electrons. The van der Waals surface area contributed by atoms with Crippen molar-refractivity contribution in [3.05, 3.63) is 28.3 Å². The van der Waals surface area contributed by atoms with Crippen molar-refractivity contribution < 1.29 is 0 Å². The molecule has 0 aliphatic heterocycles. The minimum absolute atomic E-state index is 0.746. The summed E-state index contributed by atoms with van der Waals surface area (Å²) in [5, 5.41) is 3.48. The van der Waals surface area contributed by atoms with Crippen LogP contribution in [0.2, 0.25) is 0 Å². The summed E-state index contributed by atoms with van der Waals surface area (Å²) in [5.74, 6) is 0. The minimum Gasteiger partial charge on any atom is -0.385 e. The van der Waals surface area contributed by atoms with Crippen LogP contribution < -0.4 is 11.1 Å². The van der Waals surface area contributed by atoms with Gasteiger partial charge in [-0.1, -0.05) is 6.07 Å². The standard InChI is InChI=1S/C13H22N2/c1-9-8-10(2)12(4)13(11(9)3)15-7-5-6-14/h8,15H,5-7,14H2,1-4H3. The number of aryl methyl sites for hydroxylation is 2. The van der Waals surface area contributed by atoms with Crippen molar-refractivity contribution in [2.24, 2.45) is 5.73 Å².